The van der Waals surface area contributed by atoms with Crippen LogP contribution in [0.5, 0.6) is 0 Å². The summed E-state index contributed by atoms with van der Waals surface area (Å²) in [6.07, 6.45) is 7.64. The summed E-state index contributed by atoms with van der Waals surface area (Å²) in [5, 5.41) is 9.54. The van der Waals surface area contributed by atoms with E-state index >= 15 is 0 Å². The van der Waals surface area contributed by atoms with Gasteiger partial charge in [0.1, 0.15) is 0 Å². The molecule has 2 nitrogen and oxygen atoms in total. The predicted molar refractivity (Wildman–Crippen MR) is 51.5 cm³/mol. The van der Waals surface area contributed by atoms with Crippen LogP contribution < -0.4 is 0 Å². The lowest BCUT2D eigenvalue weighted by Crippen LogP contribution is -2.19. The summed E-state index contributed by atoms with van der Waals surface area (Å²) in [7, 11) is 0. The van der Waals surface area contributed by atoms with Crippen LogP contribution in [-0.2, 0) is 4.74 Å². The van der Waals surface area contributed by atoms with E-state index in [4.69, 9.17) is 4.74 Å². The molecule has 2 rings (SSSR count). The standard InChI is InChI=1S/C11H20O2/c12-11(10-5-6-10)8-13-7-9-3-1-2-4-9/h9-12H,1-8H2. The third-order valence-electron chi connectivity index (χ3n) is 3.28. The second-order valence-corrected chi connectivity index (χ2v) is 4.59. The van der Waals surface area contributed by atoms with Gasteiger partial charge in [0.25, 0.3) is 0 Å². The summed E-state index contributed by atoms with van der Waals surface area (Å²) in [6.45, 7) is 1.45. The molecule has 0 aliphatic heterocycles. The van der Waals surface area contributed by atoms with Gasteiger partial charge in [-0.3, -0.25) is 0 Å². The SMILES string of the molecule is OC(COCC1CCCC1)C1CC1. The first kappa shape index (κ1) is 9.47. The number of ether oxygens (including phenoxy) is 1. The largest absolute Gasteiger partial charge is 0.390 e. The number of aliphatic hydroxyl groups is 1. The van der Waals surface area contributed by atoms with E-state index in [9.17, 15) is 5.11 Å². The molecular weight excluding hydrogens is 164 g/mol. The van der Waals surface area contributed by atoms with Gasteiger partial charge >= 0.3 is 0 Å². The first-order valence-corrected chi connectivity index (χ1v) is 5.62. The van der Waals surface area contributed by atoms with Crippen LogP contribution in [0.3, 0.4) is 0 Å². The van der Waals surface area contributed by atoms with E-state index in [1.54, 1.807) is 0 Å². The van der Waals surface area contributed by atoms with E-state index in [2.05, 4.69) is 0 Å². The summed E-state index contributed by atoms with van der Waals surface area (Å²) in [6, 6.07) is 0. The van der Waals surface area contributed by atoms with E-state index < -0.39 is 0 Å². The molecule has 13 heavy (non-hydrogen) atoms. The lowest BCUT2D eigenvalue weighted by atomic mass is 10.1. The molecule has 0 amide bonds. The van der Waals surface area contributed by atoms with Crippen molar-refractivity contribution in [1.29, 1.82) is 0 Å². The Morgan fingerprint density at radius 1 is 1.15 bits per heavy atom. The number of rotatable bonds is 5. The monoisotopic (exact) mass is 184 g/mol. The Hall–Kier alpha value is -0.0800. The van der Waals surface area contributed by atoms with Gasteiger partial charge in [-0.1, -0.05) is 12.8 Å². The summed E-state index contributed by atoms with van der Waals surface area (Å²) in [5.74, 6) is 1.34. The van der Waals surface area contributed by atoms with Gasteiger partial charge in [0.15, 0.2) is 0 Å². The van der Waals surface area contributed by atoms with Gasteiger partial charge in [0.2, 0.25) is 0 Å². The molecule has 2 saturated carbocycles. The van der Waals surface area contributed by atoms with Gasteiger partial charge in [-0.2, -0.15) is 0 Å². The average molecular weight is 184 g/mol. The van der Waals surface area contributed by atoms with Crippen LogP contribution in [-0.4, -0.2) is 24.4 Å². The minimum absolute atomic E-state index is 0.179. The first-order valence-electron chi connectivity index (χ1n) is 5.62. The van der Waals surface area contributed by atoms with Crippen LogP contribution in [0.1, 0.15) is 38.5 Å². The normalized spacial score (nSPS) is 26.5. The van der Waals surface area contributed by atoms with E-state index in [0.29, 0.717) is 12.5 Å². The molecular formula is C11H20O2. The van der Waals surface area contributed by atoms with E-state index in [-0.39, 0.29) is 6.10 Å². The summed E-state index contributed by atoms with van der Waals surface area (Å²) in [4.78, 5) is 0. The van der Waals surface area contributed by atoms with Crippen molar-refractivity contribution in [3.05, 3.63) is 0 Å². The van der Waals surface area contributed by atoms with Crippen molar-refractivity contribution < 1.29 is 9.84 Å². The minimum Gasteiger partial charge on any atom is -0.390 e. The summed E-state index contributed by atoms with van der Waals surface area (Å²) < 4.78 is 5.53. The second-order valence-electron chi connectivity index (χ2n) is 4.59. The number of hydrogen-bond donors (Lipinski definition) is 1. The molecule has 2 fully saturated rings. The second kappa shape index (κ2) is 4.43. The minimum atomic E-state index is -0.179. The van der Waals surface area contributed by atoms with Gasteiger partial charge in [0.05, 0.1) is 12.7 Å². The zero-order chi connectivity index (χ0) is 9.10. The average Bonchev–Trinajstić information content (AvgIpc) is 2.86. The van der Waals surface area contributed by atoms with Gasteiger partial charge in [-0.25, -0.2) is 0 Å². The Bertz CT molecular complexity index is 146. The zero-order valence-electron chi connectivity index (χ0n) is 8.24. The van der Waals surface area contributed by atoms with Crippen molar-refractivity contribution in [2.75, 3.05) is 13.2 Å². The van der Waals surface area contributed by atoms with Crippen LogP contribution in [0.2, 0.25) is 0 Å². The molecule has 2 aliphatic rings. The molecule has 0 aromatic heterocycles. The van der Waals surface area contributed by atoms with Crippen LogP contribution in [0.4, 0.5) is 0 Å². The molecule has 2 heteroatoms. The van der Waals surface area contributed by atoms with Crippen LogP contribution in [0.15, 0.2) is 0 Å². The Morgan fingerprint density at radius 2 is 1.85 bits per heavy atom. The predicted octanol–water partition coefficient (Wildman–Crippen LogP) is 1.96. The fourth-order valence-corrected chi connectivity index (χ4v) is 2.15. The molecule has 0 aromatic carbocycles. The maximum atomic E-state index is 9.54. The topological polar surface area (TPSA) is 29.5 Å². The number of hydrogen-bond acceptors (Lipinski definition) is 2. The van der Waals surface area contributed by atoms with Crippen LogP contribution in [0.25, 0.3) is 0 Å². The highest BCUT2D eigenvalue weighted by Gasteiger charge is 2.29. The quantitative estimate of drug-likeness (QED) is 0.707. The molecule has 0 saturated heterocycles. The van der Waals surface area contributed by atoms with Crippen molar-refractivity contribution in [1.82, 2.24) is 0 Å². The molecule has 1 atom stereocenters. The van der Waals surface area contributed by atoms with Crippen molar-refractivity contribution in [3.63, 3.8) is 0 Å². The third kappa shape index (κ3) is 2.96. The molecule has 0 radical (unpaired) electrons. The fraction of sp³-hybridized carbons (Fsp3) is 1.00. The van der Waals surface area contributed by atoms with Gasteiger partial charge < -0.3 is 9.84 Å². The molecule has 76 valence electrons. The van der Waals surface area contributed by atoms with Crippen molar-refractivity contribution in [2.24, 2.45) is 11.8 Å². The first-order chi connectivity index (χ1) is 6.36. The smallest absolute Gasteiger partial charge is 0.0801 e. The van der Waals surface area contributed by atoms with Gasteiger partial charge in [-0.05, 0) is 37.5 Å². The Kier molecular flexibility index (Phi) is 3.23. The van der Waals surface area contributed by atoms with E-state index in [0.717, 1.165) is 12.5 Å². The van der Waals surface area contributed by atoms with E-state index in [1.807, 2.05) is 0 Å². The Balaban J connectivity index is 1.52. The maximum Gasteiger partial charge on any atom is 0.0801 e. The summed E-state index contributed by atoms with van der Waals surface area (Å²) >= 11 is 0. The summed E-state index contributed by atoms with van der Waals surface area (Å²) in [5.41, 5.74) is 0. The lowest BCUT2D eigenvalue weighted by molar-refractivity contribution is 0.0122. The highest BCUT2D eigenvalue weighted by molar-refractivity contribution is 4.80. The Morgan fingerprint density at radius 3 is 2.46 bits per heavy atom. The highest BCUT2D eigenvalue weighted by atomic mass is 16.5. The van der Waals surface area contributed by atoms with Crippen LogP contribution >= 0.6 is 0 Å². The van der Waals surface area contributed by atoms with Crippen molar-refractivity contribution in [3.8, 4) is 0 Å². The molecule has 0 bridgehead atoms. The fourth-order valence-electron chi connectivity index (χ4n) is 2.15. The maximum absolute atomic E-state index is 9.54. The highest BCUT2D eigenvalue weighted by Crippen LogP contribution is 2.32. The number of aliphatic hydroxyl groups excluding tert-OH is 1. The van der Waals surface area contributed by atoms with Crippen molar-refractivity contribution >= 4 is 0 Å². The molecule has 0 heterocycles. The Labute approximate surface area is 80.3 Å². The molecule has 0 spiro atoms. The molecule has 1 N–H and O–H groups in total. The molecule has 1 unspecified atom stereocenters. The van der Waals surface area contributed by atoms with Crippen LogP contribution in [0, 0.1) is 11.8 Å². The van der Waals surface area contributed by atoms with E-state index in [1.165, 1.54) is 38.5 Å². The van der Waals surface area contributed by atoms with Gasteiger partial charge in [-0.15, -0.1) is 0 Å². The van der Waals surface area contributed by atoms with Crippen molar-refractivity contribution in [2.45, 2.75) is 44.6 Å². The molecule has 0 aromatic rings. The third-order valence-corrected chi connectivity index (χ3v) is 3.28. The lowest BCUT2D eigenvalue weighted by Gasteiger charge is -2.13. The molecule has 2 aliphatic carbocycles. The zero-order valence-corrected chi connectivity index (χ0v) is 8.24. The van der Waals surface area contributed by atoms with Gasteiger partial charge in [0, 0.05) is 6.61 Å².